The van der Waals surface area contributed by atoms with Gasteiger partial charge in [-0.25, -0.2) is 0 Å². The van der Waals surface area contributed by atoms with Gasteiger partial charge in [-0.3, -0.25) is 4.79 Å². The molecule has 3 unspecified atom stereocenters. The van der Waals surface area contributed by atoms with Crippen LogP contribution in [0.5, 0.6) is 0 Å². The molecule has 0 aromatic heterocycles. The van der Waals surface area contributed by atoms with Crippen molar-refractivity contribution in [2.24, 2.45) is 23.5 Å². The van der Waals surface area contributed by atoms with Gasteiger partial charge in [-0.05, 0) is 30.6 Å². The highest BCUT2D eigenvalue weighted by Crippen LogP contribution is 2.30. The Labute approximate surface area is 106 Å². The topological polar surface area (TPSA) is 55.1 Å². The molecule has 1 fully saturated rings. The minimum absolute atomic E-state index is 0.00357. The molecule has 0 aliphatic heterocycles. The van der Waals surface area contributed by atoms with Crippen molar-refractivity contribution in [1.82, 2.24) is 5.32 Å². The fraction of sp³-hybridized carbons (Fsp3) is 0.929. The molecule has 3 atom stereocenters. The molecule has 17 heavy (non-hydrogen) atoms. The summed E-state index contributed by atoms with van der Waals surface area (Å²) < 4.78 is 0. The van der Waals surface area contributed by atoms with Crippen molar-refractivity contribution in [3.05, 3.63) is 0 Å². The molecule has 3 N–H and O–H groups in total. The number of nitrogens with one attached hydrogen (secondary N) is 1. The highest BCUT2D eigenvalue weighted by molar-refractivity contribution is 5.81. The lowest BCUT2D eigenvalue weighted by molar-refractivity contribution is -0.123. The van der Waals surface area contributed by atoms with Crippen molar-refractivity contribution in [2.45, 2.75) is 58.9 Å². The van der Waals surface area contributed by atoms with Gasteiger partial charge in [0.05, 0.1) is 6.04 Å². The summed E-state index contributed by atoms with van der Waals surface area (Å²) in [5.41, 5.74) is 5.79. The lowest BCUT2D eigenvalue weighted by atomic mass is 9.81. The first kappa shape index (κ1) is 14.5. The summed E-state index contributed by atoms with van der Waals surface area (Å²) in [5.74, 6) is 1.88. The first-order chi connectivity index (χ1) is 8.00. The lowest BCUT2D eigenvalue weighted by Gasteiger charge is -2.27. The van der Waals surface area contributed by atoms with Crippen molar-refractivity contribution in [3.8, 4) is 0 Å². The quantitative estimate of drug-likeness (QED) is 0.774. The third kappa shape index (κ3) is 5.07. The maximum Gasteiger partial charge on any atom is 0.237 e. The summed E-state index contributed by atoms with van der Waals surface area (Å²) in [6.07, 6.45) is 6.50. The molecule has 0 radical (unpaired) electrons. The van der Waals surface area contributed by atoms with E-state index in [4.69, 9.17) is 5.73 Å². The van der Waals surface area contributed by atoms with Crippen LogP contribution >= 0.6 is 0 Å². The van der Waals surface area contributed by atoms with Crippen molar-refractivity contribution in [2.75, 3.05) is 6.54 Å². The fourth-order valence-corrected chi connectivity index (χ4v) is 2.64. The zero-order valence-corrected chi connectivity index (χ0v) is 11.5. The van der Waals surface area contributed by atoms with E-state index >= 15 is 0 Å². The number of carbonyl (C=O) groups is 1. The Bertz CT molecular complexity index is 240. The minimum Gasteiger partial charge on any atom is -0.355 e. The molecule has 0 heterocycles. The SMILES string of the molecule is CC1CCCC(CCNC(=O)C(N)C(C)C)C1. The van der Waals surface area contributed by atoms with Crippen LogP contribution < -0.4 is 11.1 Å². The molecule has 3 nitrogen and oxygen atoms in total. The Balaban J connectivity index is 2.16. The maximum atomic E-state index is 11.7. The predicted octanol–water partition coefficient (Wildman–Crippen LogP) is 2.30. The second-order valence-corrected chi connectivity index (χ2v) is 5.99. The standard InChI is InChI=1S/C14H28N2O/c1-10(2)13(15)14(17)16-8-7-12-6-4-5-11(3)9-12/h10-13H,4-9,15H2,1-3H3,(H,16,17). The van der Waals surface area contributed by atoms with Crippen LogP contribution in [0.2, 0.25) is 0 Å². The third-order valence-corrected chi connectivity index (χ3v) is 3.92. The molecule has 100 valence electrons. The Morgan fingerprint density at radius 1 is 1.41 bits per heavy atom. The molecule has 1 aliphatic rings. The normalized spacial score (nSPS) is 26.9. The van der Waals surface area contributed by atoms with Crippen LogP contribution in [0, 0.1) is 17.8 Å². The van der Waals surface area contributed by atoms with Gasteiger partial charge in [0, 0.05) is 6.54 Å². The van der Waals surface area contributed by atoms with E-state index in [1.807, 2.05) is 13.8 Å². The maximum absolute atomic E-state index is 11.7. The molecule has 1 saturated carbocycles. The highest BCUT2D eigenvalue weighted by Gasteiger charge is 2.20. The molecule has 3 heteroatoms. The van der Waals surface area contributed by atoms with Crippen LogP contribution in [-0.2, 0) is 4.79 Å². The summed E-state index contributed by atoms with van der Waals surface area (Å²) in [4.78, 5) is 11.7. The van der Waals surface area contributed by atoms with E-state index in [2.05, 4.69) is 12.2 Å². The largest absolute Gasteiger partial charge is 0.355 e. The van der Waals surface area contributed by atoms with Gasteiger partial charge in [0.25, 0.3) is 0 Å². The lowest BCUT2D eigenvalue weighted by Crippen LogP contribution is -2.44. The van der Waals surface area contributed by atoms with Gasteiger partial charge in [0.15, 0.2) is 0 Å². The van der Waals surface area contributed by atoms with Gasteiger partial charge >= 0.3 is 0 Å². The minimum atomic E-state index is -0.361. The summed E-state index contributed by atoms with van der Waals surface area (Å²) in [6, 6.07) is -0.361. The van der Waals surface area contributed by atoms with Crippen LogP contribution in [0.4, 0.5) is 0 Å². The number of amides is 1. The Morgan fingerprint density at radius 3 is 2.71 bits per heavy atom. The molecule has 0 saturated heterocycles. The van der Waals surface area contributed by atoms with Crippen LogP contribution in [-0.4, -0.2) is 18.5 Å². The Kier molecular flexibility index (Phi) is 5.96. The molecule has 0 spiro atoms. The summed E-state index contributed by atoms with van der Waals surface area (Å²) >= 11 is 0. The molecular weight excluding hydrogens is 212 g/mol. The zero-order valence-electron chi connectivity index (χ0n) is 11.5. The van der Waals surface area contributed by atoms with Crippen molar-refractivity contribution in [3.63, 3.8) is 0 Å². The molecule has 1 rings (SSSR count). The molecule has 0 aromatic carbocycles. The van der Waals surface area contributed by atoms with Crippen LogP contribution in [0.3, 0.4) is 0 Å². The second-order valence-electron chi connectivity index (χ2n) is 5.99. The molecular formula is C14H28N2O. The molecule has 0 bridgehead atoms. The monoisotopic (exact) mass is 240 g/mol. The average Bonchev–Trinajstić information content (AvgIpc) is 2.27. The fourth-order valence-electron chi connectivity index (χ4n) is 2.64. The number of hydrogen-bond donors (Lipinski definition) is 2. The number of hydrogen-bond acceptors (Lipinski definition) is 2. The van der Waals surface area contributed by atoms with Gasteiger partial charge in [-0.2, -0.15) is 0 Å². The molecule has 1 aliphatic carbocycles. The van der Waals surface area contributed by atoms with E-state index in [0.717, 1.165) is 24.8 Å². The van der Waals surface area contributed by atoms with Gasteiger partial charge in [-0.1, -0.05) is 40.0 Å². The van der Waals surface area contributed by atoms with Crippen LogP contribution in [0.15, 0.2) is 0 Å². The van der Waals surface area contributed by atoms with Crippen molar-refractivity contribution in [1.29, 1.82) is 0 Å². The van der Waals surface area contributed by atoms with Gasteiger partial charge in [0.1, 0.15) is 0 Å². The van der Waals surface area contributed by atoms with E-state index in [9.17, 15) is 4.79 Å². The van der Waals surface area contributed by atoms with Crippen molar-refractivity contribution < 1.29 is 4.79 Å². The predicted molar refractivity (Wildman–Crippen MR) is 71.6 cm³/mol. The van der Waals surface area contributed by atoms with E-state index < -0.39 is 0 Å². The number of rotatable bonds is 5. The van der Waals surface area contributed by atoms with Crippen molar-refractivity contribution >= 4 is 5.91 Å². The smallest absolute Gasteiger partial charge is 0.237 e. The van der Waals surface area contributed by atoms with Gasteiger partial charge in [-0.15, -0.1) is 0 Å². The first-order valence-corrected chi connectivity index (χ1v) is 7.04. The zero-order chi connectivity index (χ0) is 12.8. The Hall–Kier alpha value is -0.570. The summed E-state index contributed by atoms with van der Waals surface area (Å²) in [6.45, 7) is 7.08. The average molecular weight is 240 g/mol. The molecule has 1 amide bonds. The Morgan fingerprint density at radius 2 is 2.12 bits per heavy atom. The summed E-state index contributed by atoms with van der Waals surface area (Å²) in [5, 5.41) is 2.96. The van der Waals surface area contributed by atoms with E-state index in [1.54, 1.807) is 0 Å². The number of nitrogens with two attached hydrogens (primary N) is 1. The summed E-state index contributed by atoms with van der Waals surface area (Å²) in [7, 11) is 0. The molecule has 0 aromatic rings. The first-order valence-electron chi connectivity index (χ1n) is 7.04. The third-order valence-electron chi connectivity index (χ3n) is 3.92. The van der Waals surface area contributed by atoms with Crippen LogP contribution in [0.25, 0.3) is 0 Å². The van der Waals surface area contributed by atoms with Crippen LogP contribution in [0.1, 0.15) is 52.9 Å². The number of carbonyl (C=O) groups excluding carboxylic acids is 1. The second kappa shape index (κ2) is 7.00. The van der Waals surface area contributed by atoms with E-state index in [0.29, 0.717) is 0 Å². The highest BCUT2D eigenvalue weighted by atomic mass is 16.2. The van der Waals surface area contributed by atoms with Gasteiger partial charge in [0.2, 0.25) is 5.91 Å². The van der Waals surface area contributed by atoms with E-state index in [1.165, 1.54) is 25.7 Å². The van der Waals surface area contributed by atoms with E-state index in [-0.39, 0.29) is 17.9 Å². The van der Waals surface area contributed by atoms with Gasteiger partial charge < -0.3 is 11.1 Å².